The standard InChI is InChI=1S/C9H7ClN2O2S/c1-12-4-11-7(8(12)9(13)14)5-2-3-6(10)15-5/h2-4H,1H3,(H,13,14). The third-order valence-electron chi connectivity index (χ3n) is 1.95. The molecule has 15 heavy (non-hydrogen) atoms. The molecule has 2 rings (SSSR count). The van der Waals surface area contributed by atoms with E-state index in [1.165, 1.54) is 22.2 Å². The summed E-state index contributed by atoms with van der Waals surface area (Å²) < 4.78 is 2.10. The number of thiophene rings is 1. The first-order chi connectivity index (χ1) is 7.09. The summed E-state index contributed by atoms with van der Waals surface area (Å²) in [4.78, 5) is 15.8. The first-order valence-electron chi connectivity index (χ1n) is 4.10. The maximum Gasteiger partial charge on any atom is 0.354 e. The van der Waals surface area contributed by atoms with E-state index in [9.17, 15) is 4.79 Å². The molecule has 0 radical (unpaired) electrons. The van der Waals surface area contributed by atoms with Gasteiger partial charge in [0.2, 0.25) is 0 Å². The lowest BCUT2D eigenvalue weighted by Gasteiger charge is -1.97. The predicted octanol–water partition coefficient (Wildman–Crippen LogP) is 2.50. The molecular formula is C9H7ClN2O2S. The van der Waals surface area contributed by atoms with E-state index in [4.69, 9.17) is 16.7 Å². The van der Waals surface area contributed by atoms with Crippen molar-refractivity contribution in [3.8, 4) is 10.6 Å². The van der Waals surface area contributed by atoms with Crippen molar-refractivity contribution in [3.63, 3.8) is 0 Å². The van der Waals surface area contributed by atoms with E-state index >= 15 is 0 Å². The lowest BCUT2D eigenvalue weighted by atomic mass is 10.3. The van der Waals surface area contributed by atoms with Gasteiger partial charge in [0.25, 0.3) is 0 Å². The van der Waals surface area contributed by atoms with Crippen LogP contribution in [0.25, 0.3) is 10.6 Å². The van der Waals surface area contributed by atoms with Gasteiger partial charge in [-0.25, -0.2) is 9.78 Å². The van der Waals surface area contributed by atoms with Crippen LogP contribution in [-0.2, 0) is 7.05 Å². The third-order valence-corrected chi connectivity index (χ3v) is 3.18. The molecule has 78 valence electrons. The number of nitrogens with zero attached hydrogens (tertiary/aromatic N) is 2. The van der Waals surface area contributed by atoms with E-state index < -0.39 is 5.97 Å². The summed E-state index contributed by atoms with van der Waals surface area (Å²) in [7, 11) is 1.65. The van der Waals surface area contributed by atoms with E-state index in [1.54, 1.807) is 19.2 Å². The molecule has 0 aliphatic heterocycles. The van der Waals surface area contributed by atoms with Crippen molar-refractivity contribution in [1.82, 2.24) is 9.55 Å². The summed E-state index contributed by atoms with van der Waals surface area (Å²) in [6.07, 6.45) is 1.48. The highest BCUT2D eigenvalue weighted by atomic mass is 35.5. The quantitative estimate of drug-likeness (QED) is 0.880. The zero-order valence-corrected chi connectivity index (χ0v) is 9.34. The van der Waals surface area contributed by atoms with Crippen LogP contribution < -0.4 is 0 Å². The van der Waals surface area contributed by atoms with Crippen LogP contribution in [0.15, 0.2) is 18.5 Å². The van der Waals surface area contributed by atoms with Gasteiger partial charge in [-0.15, -0.1) is 11.3 Å². The number of carboxylic acid groups (broad SMARTS) is 1. The maximum atomic E-state index is 11.0. The Labute approximate surface area is 94.8 Å². The molecular weight excluding hydrogens is 236 g/mol. The molecule has 0 bridgehead atoms. The fraction of sp³-hybridized carbons (Fsp3) is 0.111. The first-order valence-corrected chi connectivity index (χ1v) is 5.29. The van der Waals surface area contributed by atoms with E-state index in [1.807, 2.05) is 0 Å². The molecule has 0 fully saturated rings. The molecule has 2 heterocycles. The highest BCUT2D eigenvalue weighted by molar-refractivity contribution is 7.19. The van der Waals surface area contributed by atoms with Crippen LogP contribution in [0.3, 0.4) is 0 Å². The largest absolute Gasteiger partial charge is 0.477 e. The first kappa shape index (κ1) is 10.2. The molecule has 0 spiro atoms. The lowest BCUT2D eigenvalue weighted by Crippen LogP contribution is -2.04. The molecule has 0 unspecified atom stereocenters. The molecule has 0 aliphatic carbocycles. The third kappa shape index (κ3) is 1.75. The molecule has 2 aromatic rings. The molecule has 2 aromatic heterocycles. The average molecular weight is 243 g/mol. The van der Waals surface area contributed by atoms with Crippen LogP contribution >= 0.6 is 22.9 Å². The maximum absolute atomic E-state index is 11.0. The Morgan fingerprint density at radius 2 is 2.33 bits per heavy atom. The van der Waals surface area contributed by atoms with Gasteiger partial charge in [0.1, 0.15) is 5.69 Å². The molecule has 4 nitrogen and oxygen atoms in total. The van der Waals surface area contributed by atoms with E-state index in [-0.39, 0.29) is 5.69 Å². The van der Waals surface area contributed by atoms with Crippen LogP contribution in [0.4, 0.5) is 0 Å². The minimum atomic E-state index is -0.991. The lowest BCUT2D eigenvalue weighted by molar-refractivity contribution is 0.0687. The highest BCUT2D eigenvalue weighted by Crippen LogP contribution is 2.31. The van der Waals surface area contributed by atoms with E-state index in [0.29, 0.717) is 10.0 Å². The summed E-state index contributed by atoms with van der Waals surface area (Å²) >= 11 is 7.10. The number of rotatable bonds is 2. The Kier molecular flexibility index (Phi) is 2.50. The molecule has 6 heteroatoms. The normalized spacial score (nSPS) is 10.5. The second-order valence-electron chi connectivity index (χ2n) is 2.96. The molecule has 0 aromatic carbocycles. The second-order valence-corrected chi connectivity index (χ2v) is 4.68. The number of aryl methyl sites for hydroxylation is 1. The monoisotopic (exact) mass is 242 g/mol. The van der Waals surface area contributed by atoms with Gasteiger partial charge >= 0.3 is 5.97 Å². The SMILES string of the molecule is Cn1cnc(-c2ccc(Cl)s2)c1C(=O)O. The van der Waals surface area contributed by atoms with Gasteiger partial charge in [-0.2, -0.15) is 0 Å². The van der Waals surface area contributed by atoms with Crippen molar-refractivity contribution in [3.05, 3.63) is 28.5 Å². The van der Waals surface area contributed by atoms with Gasteiger partial charge < -0.3 is 9.67 Å². The number of imidazole rings is 1. The van der Waals surface area contributed by atoms with Gasteiger partial charge in [-0.3, -0.25) is 0 Å². The van der Waals surface area contributed by atoms with Gasteiger partial charge in [0.15, 0.2) is 5.69 Å². The zero-order chi connectivity index (χ0) is 11.0. The molecule has 0 saturated carbocycles. The van der Waals surface area contributed by atoms with Crippen molar-refractivity contribution in [2.75, 3.05) is 0 Å². The second kappa shape index (κ2) is 3.67. The molecule has 0 atom stereocenters. The van der Waals surface area contributed by atoms with Gasteiger partial charge in [-0.1, -0.05) is 11.6 Å². The highest BCUT2D eigenvalue weighted by Gasteiger charge is 2.18. The van der Waals surface area contributed by atoms with Crippen LogP contribution in [-0.4, -0.2) is 20.6 Å². The van der Waals surface area contributed by atoms with Crippen molar-refractivity contribution in [1.29, 1.82) is 0 Å². The number of aromatic nitrogens is 2. The Balaban J connectivity index is 2.58. The number of carboxylic acids is 1. The van der Waals surface area contributed by atoms with Crippen LogP contribution in [0.1, 0.15) is 10.5 Å². The van der Waals surface area contributed by atoms with Gasteiger partial charge in [0.05, 0.1) is 15.5 Å². The van der Waals surface area contributed by atoms with Crippen molar-refractivity contribution >= 4 is 28.9 Å². The van der Waals surface area contributed by atoms with E-state index in [0.717, 1.165) is 4.88 Å². The summed E-state index contributed by atoms with van der Waals surface area (Å²) in [5.74, 6) is -0.991. The fourth-order valence-electron chi connectivity index (χ4n) is 1.30. The minimum absolute atomic E-state index is 0.175. The van der Waals surface area contributed by atoms with Crippen molar-refractivity contribution in [2.45, 2.75) is 0 Å². The number of hydrogen-bond acceptors (Lipinski definition) is 3. The van der Waals surface area contributed by atoms with Crippen LogP contribution in [0.5, 0.6) is 0 Å². The average Bonchev–Trinajstić information content (AvgIpc) is 2.71. The van der Waals surface area contributed by atoms with Gasteiger partial charge in [0, 0.05) is 7.05 Å². The number of hydrogen-bond donors (Lipinski definition) is 1. The summed E-state index contributed by atoms with van der Waals surface area (Å²) in [6.45, 7) is 0. The van der Waals surface area contributed by atoms with Crippen molar-refractivity contribution in [2.24, 2.45) is 7.05 Å². The predicted molar refractivity (Wildman–Crippen MR) is 58.5 cm³/mol. The fourth-order valence-corrected chi connectivity index (χ4v) is 2.34. The Morgan fingerprint density at radius 1 is 1.60 bits per heavy atom. The number of halogens is 1. The van der Waals surface area contributed by atoms with Crippen LogP contribution in [0.2, 0.25) is 4.34 Å². The Hall–Kier alpha value is -1.33. The number of aromatic carboxylic acids is 1. The molecule has 0 saturated heterocycles. The van der Waals surface area contributed by atoms with E-state index in [2.05, 4.69) is 4.98 Å². The Bertz CT molecular complexity index is 518. The molecule has 0 aliphatic rings. The zero-order valence-electron chi connectivity index (χ0n) is 7.77. The topological polar surface area (TPSA) is 55.1 Å². The summed E-state index contributed by atoms with van der Waals surface area (Å²) in [6, 6.07) is 3.49. The summed E-state index contributed by atoms with van der Waals surface area (Å²) in [5.41, 5.74) is 0.635. The summed E-state index contributed by atoms with van der Waals surface area (Å²) in [5, 5.41) is 9.01. The molecule has 0 amide bonds. The van der Waals surface area contributed by atoms with Crippen molar-refractivity contribution < 1.29 is 9.90 Å². The minimum Gasteiger partial charge on any atom is -0.477 e. The smallest absolute Gasteiger partial charge is 0.354 e. The molecule has 1 N–H and O–H groups in total. The Morgan fingerprint density at radius 3 is 2.87 bits per heavy atom. The van der Waals surface area contributed by atoms with Crippen LogP contribution in [0, 0.1) is 0 Å². The van der Waals surface area contributed by atoms with Gasteiger partial charge in [-0.05, 0) is 12.1 Å². The number of carbonyl (C=O) groups is 1.